The van der Waals surface area contributed by atoms with E-state index in [0.29, 0.717) is 10.9 Å². The van der Waals surface area contributed by atoms with Crippen LogP contribution in [0.3, 0.4) is 0 Å². The van der Waals surface area contributed by atoms with E-state index >= 15 is 0 Å². The molecule has 2 rings (SSSR count). The van der Waals surface area contributed by atoms with Crippen LogP contribution in [0.25, 0.3) is 0 Å². The highest BCUT2D eigenvalue weighted by Gasteiger charge is 2.40. The summed E-state index contributed by atoms with van der Waals surface area (Å²) >= 11 is 6.06. The molecule has 0 unspecified atom stereocenters. The minimum absolute atomic E-state index is 0.291. The summed E-state index contributed by atoms with van der Waals surface area (Å²) in [5, 5.41) is 11.8. The molecule has 2 nitrogen and oxygen atoms in total. The molecule has 0 aromatic heterocycles. The summed E-state index contributed by atoms with van der Waals surface area (Å²) in [4.78, 5) is 2.16. The van der Waals surface area contributed by atoms with Gasteiger partial charge in [0.15, 0.2) is 0 Å². The van der Waals surface area contributed by atoms with Crippen molar-refractivity contribution in [3.8, 4) is 0 Å². The van der Waals surface area contributed by atoms with Crippen LogP contribution in [0.2, 0.25) is 5.02 Å². The Kier molecular flexibility index (Phi) is 4.31. The van der Waals surface area contributed by atoms with E-state index in [2.05, 4.69) is 19.0 Å². The van der Waals surface area contributed by atoms with Crippen LogP contribution in [0.5, 0.6) is 0 Å². The lowest BCUT2D eigenvalue weighted by Gasteiger charge is -2.41. The van der Waals surface area contributed by atoms with E-state index in [-0.39, 0.29) is 0 Å². The Labute approximate surface area is 115 Å². The summed E-state index contributed by atoms with van der Waals surface area (Å²) < 4.78 is 0. The lowest BCUT2D eigenvalue weighted by molar-refractivity contribution is -0.0618. The highest BCUT2D eigenvalue weighted by molar-refractivity contribution is 6.30. The minimum atomic E-state index is -0.715. The van der Waals surface area contributed by atoms with Crippen LogP contribution < -0.4 is 0 Å². The monoisotopic (exact) mass is 267 g/mol. The summed E-state index contributed by atoms with van der Waals surface area (Å²) in [6, 6.07) is 7.70. The summed E-state index contributed by atoms with van der Waals surface area (Å²) in [5.74, 6) is 0.291. The van der Waals surface area contributed by atoms with Gasteiger partial charge in [-0.05, 0) is 44.6 Å². The smallest absolute Gasteiger partial charge is 0.0937 e. The van der Waals surface area contributed by atoms with E-state index in [9.17, 15) is 5.11 Å². The van der Waals surface area contributed by atoms with Gasteiger partial charge < -0.3 is 10.0 Å². The van der Waals surface area contributed by atoms with Crippen molar-refractivity contribution in [1.82, 2.24) is 4.90 Å². The van der Waals surface area contributed by atoms with E-state index in [1.165, 1.54) is 6.42 Å². The summed E-state index contributed by atoms with van der Waals surface area (Å²) in [5.41, 5.74) is 0.259. The van der Waals surface area contributed by atoms with Gasteiger partial charge in [-0.25, -0.2) is 0 Å². The van der Waals surface area contributed by atoms with Gasteiger partial charge in [-0.3, -0.25) is 0 Å². The molecule has 100 valence electrons. The van der Waals surface area contributed by atoms with Gasteiger partial charge in [0.25, 0.3) is 0 Å². The second-order valence-electron chi connectivity index (χ2n) is 5.64. The fraction of sp³-hybridized carbons (Fsp3) is 0.600. The fourth-order valence-electron chi connectivity index (χ4n) is 3.05. The van der Waals surface area contributed by atoms with Crippen LogP contribution in [-0.2, 0) is 5.60 Å². The zero-order valence-corrected chi connectivity index (χ0v) is 12.0. The first-order valence-corrected chi connectivity index (χ1v) is 7.03. The van der Waals surface area contributed by atoms with Crippen LogP contribution in [0.4, 0.5) is 0 Å². The first kappa shape index (κ1) is 13.9. The van der Waals surface area contributed by atoms with E-state index in [4.69, 9.17) is 11.6 Å². The Hall–Kier alpha value is -0.570. The highest BCUT2D eigenvalue weighted by Crippen LogP contribution is 2.42. The third-order valence-electron chi connectivity index (χ3n) is 3.95. The molecule has 0 bridgehead atoms. The molecule has 18 heavy (non-hydrogen) atoms. The van der Waals surface area contributed by atoms with Gasteiger partial charge in [-0.2, -0.15) is 0 Å². The average Bonchev–Trinajstić information content (AvgIpc) is 2.32. The lowest BCUT2D eigenvalue weighted by Crippen LogP contribution is -2.43. The summed E-state index contributed by atoms with van der Waals surface area (Å²) in [6.07, 6.45) is 4.22. The molecule has 0 amide bonds. The van der Waals surface area contributed by atoms with Crippen molar-refractivity contribution in [3.05, 3.63) is 34.9 Å². The van der Waals surface area contributed by atoms with Crippen LogP contribution >= 0.6 is 11.6 Å². The van der Waals surface area contributed by atoms with E-state index in [1.54, 1.807) is 0 Å². The molecule has 1 fully saturated rings. The second-order valence-corrected chi connectivity index (χ2v) is 6.08. The average molecular weight is 268 g/mol. The zero-order valence-electron chi connectivity index (χ0n) is 11.2. The van der Waals surface area contributed by atoms with Crippen molar-refractivity contribution < 1.29 is 5.11 Å². The molecule has 1 saturated carbocycles. The Bertz CT molecular complexity index is 407. The van der Waals surface area contributed by atoms with Crippen molar-refractivity contribution in [2.24, 2.45) is 5.92 Å². The van der Waals surface area contributed by atoms with Crippen molar-refractivity contribution in [2.75, 3.05) is 20.6 Å². The van der Waals surface area contributed by atoms with Crippen molar-refractivity contribution in [2.45, 2.75) is 31.3 Å². The number of aliphatic hydroxyl groups is 1. The first-order chi connectivity index (χ1) is 8.52. The van der Waals surface area contributed by atoms with Crippen molar-refractivity contribution in [3.63, 3.8) is 0 Å². The van der Waals surface area contributed by atoms with Gasteiger partial charge in [0.1, 0.15) is 0 Å². The van der Waals surface area contributed by atoms with Gasteiger partial charge in [0, 0.05) is 17.5 Å². The second kappa shape index (κ2) is 5.60. The Morgan fingerprint density at radius 1 is 1.39 bits per heavy atom. The molecule has 1 aliphatic rings. The number of hydrogen-bond donors (Lipinski definition) is 1. The van der Waals surface area contributed by atoms with E-state index in [0.717, 1.165) is 31.4 Å². The van der Waals surface area contributed by atoms with Crippen LogP contribution in [-0.4, -0.2) is 30.6 Å². The number of benzene rings is 1. The third-order valence-corrected chi connectivity index (χ3v) is 4.18. The lowest BCUT2D eigenvalue weighted by atomic mass is 9.71. The topological polar surface area (TPSA) is 23.5 Å². The Morgan fingerprint density at radius 2 is 2.17 bits per heavy atom. The van der Waals surface area contributed by atoms with Crippen LogP contribution in [0.1, 0.15) is 31.2 Å². The maximum Gasteiger partial charge on any atom is 0.0937 e. The molecule has 1 aliphatic carbocycles. The summed E-state index contributed by atoms with van der Waals surface area (Å²) in [7, 11) is 4.12. The minimum Gasteiger partial charge on any atom is -0.385 e. The van der Waals surface area contributed by atoms with Crippen molar-refractivity contribution >= 4 is 11.6 Å². The SMILES string of the molecule is CN(C)C[C@H]1CCCC[C@]1(O)c1cccc(Cl)c1. The normalized spacial score (nSPS) is 28.6. The number of rotatable bonds is 3. The van der Waals surface area contributed by atoms with Gasteiger partial charge in [0.2, 0.25) is 0 Å². The molecule has 3 heteroatoms. The molecule has 0 aliphatic heterocycles. The van der Waals surface area contributed by atoms with Gasteiger partial charge in [0.05, 0.1) is 5.60 Å². The van der Waals surface area contributed by atoms with Gasteiger partial charge >= 0.3 is 0 Å². The zero-order chi connectivity index (χ0) is 13.2. The maximum atomic E-state index is 11.1. The largest absolute Gasteiger partial charge is 0.385 e. The maximum absolute atomic E-state index is 11.1. The molecule has 0 radical (unpaired) electrons. The van der Waals surface area contributed by atoms with Gasteiger partial charge in [-0.15, -0.1) is 0 Å². The van der Waals surface area contributed by atoms with E-state index < -0.39 is 5.60 Å². The molecule has 0 heterocycles. The molecule has 1 aromatic carbocycles. The highest BCUT2D eigenvalue weighted by atomic mass is 35.5. The van der Waals surface area contributed by atoms with Crippen LogP contribution in [0.15, 0.2) is 24.3 Å². The third kappa shape index (κ3) is 2.87. The predicted octanol–water partition coefficient (Wildman–Crippen LogP) is 3.28. The molecule has 0 saturated heterocycles. The quantitative estimate of drug-likeness (QED) is 0.909. The number of nitrogens with zero attached hydrogens (tertiary/aromatic N) is 1. The standard InChI is InChI=1S/C15H22ClNO/c1-17(2)11-13-6-3-4-9-15(13,18)12-7-5-8-14(16)10-12/h5,7-8,10,13,18H,3-4,6,9,11H2,1-2H3/t13-,15+/m1/s1. The van der Waals surface area contributed by atoms with Gasteiger partial charge in [-0.1, -0.05) is 36.6 Å². The summed E-state index contributed by atoms with van der Waals surface area (Å²) in [6.45, 7) is 0.920. The fourth-order valence-corrected chi connectivity index (χ4v) is 3.24. The van der Waals surface area contributed by atoms with Crippen LogP contribution in [0, 0.1) is 5.92 Å². The predicted molar refractivity (Wildman–Crippen MR) is 75.9 cm³/mol. The van der Waals surface area contributed by atoms with E-state index in [1.807, 2.05) is 24.3 Å². The molecule has 1 aromatic rings. The molecule has 0 spiro atoms. The first-order valence-electron chi connectivity index (χ1n) is 6.65. The Morgan fingerprint density at radius 3 is 2.83 bits per heavy atom. The molecule has 1 N–H and O–H groups in total. The molecular formula is C15H22ClNO. The van der Waals surface area contributed by atoms with Crippen molar-refractivity contribution in [1.29, 1.82) is 0 Å². The number of hydrogen-bond acceptors (Lipinski definition) is 2. The molecular weight excluding hydrogens is 246 g/mol. The molecule has 2 atom stereocenters. The Balaban J connectivity index is 2.29. The number of halogens is 1.